The summed E-state index contributed by atoms with van der Waals surface area (Å²) in [5.41, 5.74) is 6.02. The Morgan fingerprint density at radius 1 is 1.14 bits per heavy atom. The van der Waals surface area contributed by atoms with Crippen LogP contribution in [0.5, 0.6) is 0 Å². The Labute approximate surface area is 286 Å². The minimum Gasteiger partial charge on any atom is -0.396 e. The number of rotatable bonds is 10. The molecule has 3 saturated heterocycles. The van der Waals surface area contributed by atoms with E-state index < -0.39 is 58.7 Å². The molecule has 3 aliphatic heterocycles. The van der Waals surface area contributed by atoms with Gasteiger partial charge in [-0.3, -0.25) is 19.4 Å². The smallest absolute Gasteiger partial charge is 0.391 e. The van der Waals surface area contributed by atoms with Crippen molar-refractivity contribution >= 4 is 35.0 Å². The predicted octanol–water partition coefficient (Wildman–Crippen LogP) is 2.91. The third-order valence-corrected chi connectivity index (χ3v) is 11.8. The lowest BCUT2D eigenvalue weighted by molar-refractivity contribution is -0.188. The Bertz CT molecular complexity index is 1520. The highest BCUT2D eigenvalue weighted by atomic mass is 32.1. The summed E-state index contributed by atoms with van der Waals surface area (Å²) >= 11 is 1.17. The van der Waals surface area contributed by atoms with Gasteiger partial charge < -0.3 is 30.3 Å². The second kappa shape index (κ2) is 13.9. The molecule has 3 amide bonds. The number of aliphatic hydroxyl groups is 1. The fourth-order valence-electron chi connectivity index (χ4n) is 8.20. The van der Waals surface area contributed by atoms with Crippen molar-refractivity contribution in [1.29, 1.82) is 0 Å². The lowest BCUT2D eigenvalue weighted by atomic mass is 9.59. The van der Waals surface area contributed by atoms with E-state index in [1.54, 1.807) is 35.8 Å². The average Bonchev–Trinajstić information content (AvgIpc) is 3.79. The van der Waals surface area contributed by atoms with Gasteiger partial charge in [-0.15, -0.1) is 11.3 Å². The Kier molecular flexibility index (Phi) is 10.0. The molecule has 4 unspecified atom stereocenters. The molecule has 0 aromatic carbocycles. The standard InChI is InChI=1S/C33H42F3N7O5S/c1-21(48-19-31(18-44)8-3-2-4-9-31)25(29(47)41-12-6-22(7-13-41)33(34,35)36)26-32(17-43(26)30-39-10-5-11-40-30)16-42(15-23(32)27(37)45)28(46)24-14-38-20-49-24/h2-3,5,10-11,14,20-23,25-26,44H,4,6-9,12-13,15-19H2,1H3,(H2,37,45)/t21-,23?,25+,26?,31?,32?/m1/s1. The molecule has 3 N–H and O–H groups in total. The molecule has 4 aliphatic rings. The van der Waals surface area contributed by atoms with Gasteiger partial charge in [-0.05, 0) is 45.1 Å². The van der Waals surface area contributed by atoms with Crippen LogP contribution in [0.2, 0.25) is 0 Å². The highest BCUT2D eigenvalue weighted by Gasteiger charge is 2.68. The molecule has 6 rings (SSSR count). The SMILES string of the molecule is C[C@@H](OCC1(CO)CC=CCC1)[C@H](C(=O)N1CCC(C(F)(F)F)CC1)C1N(c2ncccn2)CC12CN(C(=O)c1cncs1)CC2C(N)=O. The summed E-state index contributed by atoms with van der Waals surface area (Å²) < 4.78 is 47.3. The third-order valence-electron chi connectivity index (χ3n) is 11.0. The maximum absolute atomic E-state index is 14.8. The first-order valence-corrected chi connectivity index (χ1v) is 17.5. The molecule has 12 nitrogen and oxygen atoms in total. The number of carbonyl (C=O) groups is 3. The van der Waals surface area contributed by atoms with E-state index in [0.717, 1.165) is 6.42 Å². The Morgan fingerprint density at radius 3 is 2.47 bits per heavy atom. The van der Waals surface area contributed by atoms with Crippen LogP contribution >= 0.6 is 11.3 Å². The molecule has 49 heavy (non-hydrogen) atoms. The first kappa shape index (κ1) is 35.2. The van der Waals surface area contributed by atoms with Crippen molar-refractivity contribution in [2.24, 2.45) is 34.3 Å². The van der Waals surface area contributed by atoms with Gasteiger partial charge in [0.2, 0.25) is 17.8 Å². The van der Waals surface area contributed by atoms with Gasteiger partial charge in [0.1, 0.15) is 4.88 Å². The Morgan fingerprint density at radius 2 is 1.88 bits per heavy atom. The van der Waals surface area contributed by atoms with Gasteiger partial charge in [0.15, 0.2) is 0 Å². The second-order valence-corrected chi connectivity index (χ2v) is 14.8. The molecule has 16 heteroatoms. The summed E-state index contributed by atoms with van der Waals surface area (Å²) in [6, 6.07) is 0.850. The van der Waals surface area contributed by atoms with Crippen molar-refractivity contribution in [3.8, 4) is 0 Å². The third kappa shape index (κ3) is 6.78. The number of halogens is 3. The van der Waals surface area contributed by atoms with E-state index in [1.165, 1.54) is 22.4 Å². The monoisotopic (exact) mass is 705 g/mol. The van der Waals surface area contributed by atoms with Crippen LogP contribution < -0.4 is 10.6 Å². The van der Waals surface area contributed by atoms with E-state index in [-0.39, 0.29) is 64.7 Å². The number of alkyl halides is 3. The topological polar surface area (TPSA) is 155 Å². The molecule has 5 heterocycles. The minimum absolute atomic E-state index is 0.0269. The van der Waals surface area contributed by atoms with Gasteiger partial charge >= 0.3 is 6.18 Å². The number of amides is 3. The number of piperidine rings is 1. The summed E-state index contributed by atoms with van der Waals surface area (Å²) in [6.45, 7) is 1.93. The average molecular weight is 706 g/mol. The van der Waals surface area contributed by atoms with Crippen LogP contribution in [0.15, 0.2) is 42.3 Å². The van der Waals surface area contributed by atoms with Crippen molar-refractivity contribution in [3.63, 3.8) is 0 Å². The number of hydrogen-bond donors (Lipinski definition) is 2. The normalized spacial score (nSPS) is 28.8. The van der Waals surface area contributed by atoms with Crippen LogP contribution in [-0.4, -0.2) is 112 Å². The zero-order valence-corrected chi connectivity index (χ0v) is 28.1. The molecule has 0 radical (unpaired) electrons. The summed E-state index contributed by atoms with van der Waals surface area (Å²) in [4.78, 5) is 59.7. The summed E-state index contributed by atoms with van der Waals surface area (Å²) in [5.74, 6) is -4.39. The van der Waals surface area contributed by atoms with Crippen LogP contribution in [0.3, 0.4) is 0 Å². The molecule has 1 spiro atoms. The van der Waals surface area contributed by atoms with Gasteiger partial charge in [0.25, 0.3) is 5.91 Å². The summed E-state index contributed by atoms with van der Waals surface area (Å²) in [6.07, 6.45) is 5.07. The molecular weight excluding hydrogens is 663 g/mol. The largest absolute Gasteiger partial charge is 0.396 e. The number of primary amides is 1. The minimum atomic E-state index is -4.36. The zero-order valence-electron chi connectivity index (χ0n) is 27.3. The molecule has 1 aliphatic carbocycles. The maximum atomic E-state index is 14.8. The van der Waals surface area contributed by atoms with Gasteiger partial charge in [-0.25, -0.2) is 9.97 Å². The molecule has 0 bridgehead atoms. The lowest BCUT2D eigenvalue weighted by Gasteiger charge is -2.60. The Hall–Kier alpha value is -3.63. The van der Waals surface area contributed by atoms with E-state index in [1.807, 2.05) is 17.1 Å². The van der Waals surface area contributed by atoms with Crippen molar-refractivity contribution in [3.05, 3.63) is 47.2 Å². The number of ether oxygens (including phenoxy) is 1. The molecule has 2 aromatic rings. The Balaban J connectivity index is 1.38. The van der Waals surface area contributed by atoms with E-state index >= 15 is 0 Å². The van der Waals surface area contributed by atoms with Crippen molar-refractivity contribution < 1.29 is 37.4 Å². The summed E-state index contributed by atoms with van der Waals surface area (Å²) in [7, 11) is 0. The van der Waals surface area contributed by atoms with Gasteiger partial charge in [0.05, 0.1) is 54.8 Å². The van der Waals surface area contributed by atoms with Gasteiger partial charge in [0, 0.05) is 55.9 Å². The predicted molar refractivity (Wildman–Crippen MR) is 173 cm³/mol. The lowest BCUT2D eigenvalue weighted by Crippen LogP contribution is -2.75. The fraction of sp³-hybridized carbons (Fsp3) is 0.636. The first-order chi connectivity index (χ1) is 23.4. The fourth-order valence-corrected chi connectivity index (χ4v) is 8.78. The van der Waals surface area contributed by atoms with Crippen LogP contribution in [0.25, 0.3) is 0 Å². The van der Waals surface area contributed by atoms with E-state index in [0.29, 0.717) is 23.7 Å². The number of allylic oxidation sites excluding steroid dienone is 2. The van der Waals surface area contributed by atoms with E-state index in [2.05, 4.69) is 15.0 Å². The zero-order chi connectivity index (χ0) is 35.0. The number of nitrogens with zero attached hydrogens (tertiary/aromatic N) is 6. The number of hydrogen-bond acceptors (Lipinski definition) is 10. The number of likely N-dealkylation sites (tertiary alicyclic amines) is 2. The highest BCUT2D eigenvalue weighted by Crippen LogP contribution is 2.54. The quantitative estimate of drug-likeness (QED) is 0.355. The van der Waals surface area contributed by atoms with Gasteiger partial charge in [-0.2, -0.15) is 13.2 Å². The van der Waals surface area contributed by atoms with Crippen LogP contribution in [-0.2, 0) is 14.3 Å². The molecular formula is C33H42F3N7O5S. The van der Waals surface area contributed by atoms with Gasteiger partial charge in [-0.1, -0.05) is 12.2 Å². The first-order valence-electron chi connectivity index (χ1n) is 16.6. The molecule has 6 atom stereocenters. The highest BCUT2D eigenvalue weighted by molar-refractivity contribution is 7.11. The summed E-state index contributed by atoms with van der Waals surface area (Å²) in [5, 5.41) is 10.4. The molecule has 266 valence electrons. The number of anilines is 1. The van der Waals surface area contributed by atoms with Crippen LogP contribution in [0.1, 0.15) is 48.7 Å². The van der Waals surface area contributed by atoms with Crippen molar-refractivity contribution in [2.75, 3.05) is 50.8 Å². The number of aromatic nitrogens is 3. The van der Waals surface area contributed by atoms with Crippen molar-refractivity contribution in [2.45, 2.75) is 57.3 Å². The van der Waals surface area contributed by atoms with Crippen LogP contribution in [0, 0.1) is 28.6 Å². The number of carbonyl (C=O) groups excluding carboxylic acids is 3. The number of aliphatic hydroxyl groups excluding tert-OH is 1. The molecule has 3 fully saturated rings. The number of thiazole rings is 1. The van der Waals surface area contributed by atoms with Crippen molar-refractivity contribution in [1.82, 2.24) is 24.8 Å². The molecule has 0 saturated carbocycles. The van der Waals surface area contributed by atoms with Crippen LogP contribution in [0.4, 0.5) is 19.1 Å². The molecule has 2 aromatic heterocycles. The maximum Gasteiger partial charge on any atom is 0.391 e. The second-order valence-electron chi connectivity index (χ2n) is 13.9. The number of nitrogens with two attached hydrogens (primary N) is 1. The van der Waals surface area contributed by atoms with E-state index in [9.17, 15) is 32.7 Å². The van der Waals surface area contributed by atoms with E-state index in [4.69, 9.17) is 10.5 Å².